The van der Waals surface area contributed by atoms with Crippen LogP contribution in [0.1, 0.15) is 0 Å². The van der Waals surface area contributed by atoms with Crippen molar-refractivity contribution in [1.29, 1.82) is 0 Å². The Bertz CT molecular complexity index is 478. The summed E-state index contributed by atoms with van der Waals surface area (Å²) in [4.78, 5) is 0. The van der Waals surface area contributed by atoms with E-state index in [0.29, 0.717) is 0 Å². The highest BCUT2D eigenvalue weighted by Gasteiger charge is 3.06. The summed E-state index contributed by atoms with van der Waals surface area (Å²) in [6, 6.07) is 0. The van der Waals surface area contributed by atoms with E-state index in [0.717, 1.165) is 0 Å². The van der Waals surface area contributed by atoms with Crippen LogP contribution in [-0.4, -0.2) is 41.4 Å². The van der Waals surface area contributed by atoms with Crippen LogP contribution in [0.5, 0.6) is 0 Å². The predicted octanol–water partition coefficient (Wildman–Crippen LogP) is 4.64. The minimum atomic E-state index is -7.67. The van der Waals surface area contributed by atoms with Gasteiger partial charge in [0.2, 0.25) is 0 Å². The lowest BCUT2D eigenvalue weighted by molar-refractivity contribution is -0.522. The third-order valence-corrected chi connectivity index (χ3v) is 3.08. The van der Waals surface area contributed by atoms with Gasteiger partial charge in [-0.05, 0) is 0 Å². The predicted molar refractivity (Wildman–Crippen MR) is 44.8 cm³/mol. The average molecular weight is 374 g/mol. The molecule has 0 amide bonds. The van der Waals surface area contributed by atoms with Gasteiger partial charge in [0, 0.05) is 0 Å². The Morgan fingerprint density at radius 2 is 0.870 bits per heavy atom. The maximum absolute atomic E-state index is 13.7. The standard InChI is InChI=1S/C9H3F13O/c1-2-23-9(21,22)3(10)4(11,12)6(15,16)8(19,20)7(17,18)5(3,13)14/h2H,1H2. The highest BCUT2D eigenvalue weighted by atomic mass is 19.4. The molecule has 0 saturated heterocycles. The topological polar surface area (TPSA) is 9.23 Å². The van der Waals surface area contributed by atoms with E-state index in [4.69, 9.17) is 0 Å². The molecule has 0 aromatic heterocycles. The van der Waals surface area contributed by atoms with Crippen molar-refractivity contribution in [2.45, 2.75) is 41.4 Å². The van der Waals surface area contributed by atoms with E-state index >= 15 is 0 Å². The molecule has 0 bridgehead atoms. The van der Waals surface area contributed by atoms with Crippen molar-refractivity contribution in [2.24, 2.45) is 0 Å². The van der Waals surface area contributed by atoms with Crippen molar-refractivity contribution in [2.75, 3.05) is 0 Å². The molecule has 0 unspecified atom stereocenters. The molecule has 0 atom stereocenters. The van der Waals surface area contributed by atoms with E-state index in [9.17, 15) is 57.1 Å². The third kappa shape index (κ3) is 1.66. The van der Waals surface area contributed by atoms with Gasteiger partial charge in [-0.3, -0.25) is 0 Å². The van der Waals surface area contributed by atoms with Crippen LogP contribution in [0, 0.1) is 0 Å². The van der Waals surface area contributed by atoms with Crippen LogP contribution in [-0.2, 0) is 4.74 Å². The first-order chi connectivity index (χ1) is 9.81. The molecule has 1 aliphatic rings. The first-order valence-corrected chi connectivity index (χ1v) is 5.05. The van der Waals surface area contributed by atoms with E-state index in [-0.39, 0.29) is 0 Å². The molecule has 1 nitrogen and oxygen atoms in total. The second-order valence-electron chi connectivity index (χ2n) is 4.33. The van der Waals surface area contributed by atoms with Gasteiger partial charge >= 0.3 is 41.4 Å². The quantitative estimate of drug-likeness (QED) is 0.517. The van der Waals surface area contributed by atoms with Gasteiger partial charge in [0.05, 0.1) is 6.26 Å². The summed E-state index contributed by atoms with van der Waals surface area (Å²) in [6.45, 7) is 2.19. The average Bonchev–Trinajstić information content (AvgIpc) is 2.34. The molecule has 1 aliphatic carbocycles. The van der Waals surface area contributed by atoms with Crippen molar-refractivity contribution < 1.29 is 61.8 Å². The molecular formula is C9H3F13O. The SMILES string of the molecule is C=COC(F)(F)C1(F)C(F)(F)C(F)(F)C(F)(F)C(F)(F)C1(F)F. The minimum Gasteiger partial charge on any atom is -0.438 e. The van der Waals surface area contributed by atoms with E-state index in [1.807, 2.05) is 0 Å². The minimum absolute atomic E-state index is 0.712. The Hall–Kier alpha value is -1.37. The van der Waals surface area contributed by atoms with Crippen LogP contribution >= 0.6 is 0 Å². The molecule has 0 N–H and O–H groups in total. The largest absolute Gasteiger partial charge is 0.445 e. The fraction of sp³-hybridized carbons (Fsp3) is 0.778. The van der Waals surface area contributed by atoms with Crippen LogP contribution in [0.25, 0.3) is 0 Å². The summed E-state index contributed by atoms with van der Waals surface area (Å²) in [5, 5.41) is 0. The summed E-state index contributed by atoms with van der Waals surface area (Å²) in [5.41, 5.74) is -7.53. The zero-order valence-electron chi connectivity index (χ0n) is 10.1. The Balaban J connectivity index is 3.93. The molecule has 0 spiro atoms. The maximum Gasteiger partial charge on any atom is 0.445 e. The normalized spacial score (nSPS) is 29.6. The molecule has 1 rings (SSSR count). The zero-order valence-corrected chi connectivity index (χ0v) is 10.1. The second kappa shape index (κ2) is 4.37. The Labute approximate surface area is 117 Å². The van der Waals surface area contributed by atoms with Gasteiger partial charge in [-0.25, -0.2) is 4.39 Å². The van der Waals surface area contributed by atoms with Crippen molar-refractivity contribution >= 4 is 0 Å². The number of alkyl halides is 13. The molecule has 23 heavy (non-hydrogen) atoms. The van der Waals surface area contributed by atoms with Crippen molar-refractivity contribution in [3.8, 4) is 0 Å². The Morgan fingerprint density at radius 3 is 1.13 bits per heavy atom. The van der Waals surface area contributed by atoms with Gasteiger partial charge in [0.25, 0.3) is 0 Å². The van der Waals surface area contributed by atoms with Gasteiger partial charge in [-0.15, -0.1) is 0 Å². The molecule has 14 heteroatoms. The van der Waals surface area contributed by atoms with Gasteiger partial charge in [-0.2, -0.15) is 52.7 Å². The molecule has 1 saturated carbocycles. The number of ether oxygens (including phenoxy) is 1. The van der Waals surface area contributed by atoms with Crippen LogP contribution in [0.4, 0.5) is 57.1 Å². The second-order valence-corrected chi connectivity index (χ2v) is 4.33. The number of halogens is 13. The number of hydrogen-bond acceptors (Lipinski definition) is 1. The lowest BCUT2D eigenvalue weighted by Crippen LogP contribution is -2.87. The van der Waals surface area contributed by atoms with Gasteiger partial charge in [-0.1, -0.05) is 6.58 Å². The first kappa shape index (κ1) is 19.7. The maximum atomic E-state index is 13.7. The monoisotopic (exact) mass is 374 g/mol. The molecule has 0 heterocycles. The fourth-order valence-corrected chi connectivity index (χ4v) is 1.77. The third-order valence-electron chi connectivity index (χ3n) is 3.08. The smallest absolute Gasteiger partial charge is 0.438 e. The van der Waals surface area contributed by atoms with Gasteiger partial charge in [0.15, 0.2) is 0 Å². The van der Waals surface area contributed by atoms with Crippen LogP contribution in [0.15, 0.2) is 12.8 Å². The number of rotatable bonds is 3. The van der Waals surface area contributed by atoms with Crippen molar-refractivity contribution in [3.05, 3.63) is 12.8 Å². The molecule has 0 aliphatic heterocycles. The van der Waals surface area contributed by atoms with Crippen molar-refractivity contribution in [3.63, 3.8) is 0 Å². The molecule has 0 aromatic carbocycles. The lowest BCUT2D eigenvalue weighted by Gasteiger charge is -2.53. The van der Waals surface area contributed by atoms with E-state index in [1.54, 1.807) is 0 Å². The van der Waals surface area contributed by atoms with Gasteiger partial charge < -0.3 is 4.74 Å². The molecule has 0 aromatic rings. The highest BCUT2D eigenvalue weighted by molar-refractivity contribution is 5.28. The summed E-state index contributed by atoms with van der Waals surface area (Å²) in [6.07, 6.45) is -7.48. The summed E-state index contributed by atoms with van der Waals surface area (Å²) in [5.74, 6) is -38.1. The van der Waals surface area contributed by atoms with E-state index < -0.39 is 47.7 Å². The zero-order chi connectivity index (χ0) is 18.9. The lowest BCUT2D eigenvalue weighted by atomic mass is 9.71. The summed E-state index contributed by atoms with van der Waals surface area (Å²) >= 11 is 0. The van der Waals surface area contributed by atoms with Crippen LogP contribution in [0.3, 0.4) is 0 Å². The fourth-order valence-electron chi connectivity index (χ4n) is 1.77. The summed E-state index contributed by atoms with van der Waals surface area (Å²) in [7, 11) is 0. The van der Waals surface area contributed by atoms with Crippen LogP contribution < -0.4 is 0 Å². The van der Waals surface area contributed by atoms with Crippen molar-refractivity contribution in [1.82, 2.24) is 0 Å². The Morgan fingerprint density at radius 1 is 0.609 bits per heavy atom. The molecule has 136 valence electrons. The first-order valence-electron chi connectivity index (χ1n) is 5.05. The van der Waals surface area contributed by atoms with E-state index in [1.165, 1.54) is 0 Å². The number of hydrogen-bond donors (Lipinski definition) is 0. The summed E-state index contributed by atoms with van der Waals surface area (Å²) < 4.78 is 172. The van der Waals surface area contributed by atoms with Gasteiger partial charge in [0.1, 0.15) is 0 Å². The molecule has 1 fully saturated rings. The Kier molecular flexibility index (Phi) is 3.74. The van der Waals surface area contributed by atoms with Crippen LogP contribution in [0.2, 0.25) is 0 Å². The van der Waals surface area contributed by atoms with E-state index in [2.05, 4.69) is 11.3 Å². The highest BCUT2D eigenvalue weighted by Crippen LogP contribution is 2.72. The molecular weight excluding hydrogens is 371 g/mol. The molecule has 0 radical (unpaired) electrons.